The molecule has 0 spiro atoms. The lowest BCUT2D eigenvalue weighted by atomic mass is 10.1. The summed E-state index contributed by atoms with van der Waals surface area (Å²) in [6, 6.07) is 15.5. The fraction of sp³-hybridized carbons (Fsp3) is 0.269. The Morgan fingerprint density at radius 2 is 1.59 bits per heavy atom. The molecule has 34 heavy (non-hydrogen) atoms. The number of hydrogen-bond donors (Lipinski definition) is 1. The predicted molar refractivity (Wildman–Crippen MR) is 131 cm³/mol. The first-order chi connectivity index (χ1) is 16.4. The van der Waals surface area contributed by atoms with E-state index in [1.165, 1.54) is 0 Å². The molecule has 0 aliphatic heterocycles. The van der Waals surface area contributed by atoms with Crippen molar-refractivity contribution >= 4 is 23.4 Å². The van der Waals surface area contributed by atoms with E-state index < -0.39 is 6.04 Å². The van der Waals surface area contributed by atoms with Gasteiger partial charge in [-0.25, -0.2) is 0 Å². The number of rotatable bonds is 10. The standard InChI is InChI=1S/C26H28ClN3O4/c1-18(26(32)29-16-19-10-12-28-13-11-19)30(17-20-4-7-22(27)8-5-20)25(31)15-21-6-9-23(33-2)24(14-21)34-3/h4-14,18H,15-17H2,1-3H3,(H,29,32)/t18-/m0/s1. The molecule has 7 nitrogen and oxygen atoms in total. The van der Waals surface area contributed by atoms with Gasteiger partial charge in [-0.15, -0.1) is 0 Å². The fourth-order valence-corrected chi connectivity index (χ4v) is 3.60. The van der Waals surface area contributed by atoms with E-state index in [0.717, 1.165) is 16.7 Å². The number of carbonyl (C=O) groups is 2. The van der Waals surface area contributed by atoms with Crippen LogP contribution in [-0.2, 0) is 29.1 Å². The number of aromatic nitrogens is 1. The zero-order chi connectivity index (χ0) is 24.5. The highest BCUT2D eigenvalue weighted by Crippen LogP contribution is 2.28. The minimum Gasteiger partial charge on any atom is -0.493 e. The largest absolute Gasteiger partial charge is 0.493 e. The quantitative estimate of drug-likeness (QED) is 0.473. The van der Waals surface area contributed by atoms with E-state index in [0.29, 0.717) is 23.1 Å². The van der Waals surface area contributed by atoms with Gasteiger partial charge in [0.15, 0.2) is 11.5 Å². The number of ether oxygens (including phenoxy) is 2. The van der Waals surface area contributed by atoms with E-state index >= 15 is 0 Å². The second-order valence-electron chi connectivity index (χ2n) is 7.76. The number of benzene rings is 2. The van der Waals surface area contributed by atoms with Crippen LogP contribution in [0.4, 0.5) is 0 Å². The van der Waals surface area contributed by atoms with E-state index in [1.807, 2.05) is 30.3 Å². The molecule has 3 rings (SSSR count). The van der Waals surface area contributed by atoms with Gasteiger partial charge in [-0.1, -0.05) is 29.8 Å². The summed E-state index contributed by atoms with van der Waals surface area (Å²) in [7, 11) is 3.11. The highest BCUT2D eigenvalue weighted by molar-refractivity contribution is 6.30. The number of halogens is 1. The zero-order valence-corrected chi connectivity index (χ0v) is 20.2. The van der Waals surface area contributed by atoms with Crippen LogP contribution in [0.1, 0.15) is 23.6 Å². The minimum atomic E-state index is -0.690. The molecule has 0 unspecified atom stereocenters. The Balaban J connectivity index is 1.78. The molecule has 1 aromatic heterocycles. The number of hydrogen-bond acceptors (Lipinski definition) is 5. The number of pyridine rings is 1. The van der Waals surface area contributed by atoms with Gasteiger partial charge < -0.3 is 19.7 Å². The lowest BCUT2D eigenvalue weighted by Gasteiger charge is -2.29. The normalized spacial score (nSPS) is 11.4. The molecular formula is C26H28ClN3O4. The summed E-state index contributed by atoms with van der Waals surface area (Å²) < 4.78 is 10.6. The molecule has 0 radical (unpaired) electrons. The average molecular weight is 482 g/mol. The molecule has 0 fully saturated rings. The third kappa shape index (κ3) is 6.71. The second kappa shape index (κ2) is 12.0. The smallest absolute Gasteiger partial charge is 0.242 e. The van der Waals surface area contributed by atoms with Crippen LogP contribution in [0.5, 0.6) is 11.5 Å². The molecule has 1 atom stereocenters. The summed E-state index contributed by atoms with van der Waals surface area (Å²) in [5.74, 6) is 0.695. The van der Waals surface area contributed by atoms with Crippen molar-refractivity contribution in [2.75, 3.05) is 14.2 Å². The summed E-state index contributed by atoms with van der Waals surface area (Å²) in [5.41, 5.74) is 2.56. The van der Waals surface area contributed by atoms with Crippen molar-refractivity contribution < 1.29 is 19.1 Å². The Labute approximate surface area is 204 Å². The monoisotopic (exact) mass is 481 g/mol. The first kappa shape index (κ1) is 25.1. The van der Waals surface area contributed by atoms with Crippen LogP contribution in [0.2, 0.25) is 5.02 Å². The number of amides is 2. The first-order valence-corrected chi connectivity index (χ1v) is 11.2. The molecule has 3 aromatic rings. The van der Waals surface area contributed by atoms with Crippen molar-refractivity contribution in [1.29, 1.82) is 0 Å². The molecule has 0 aliphatic rings. The van der Waals surface area contributed by atoms with Crippen LogP contribution in [0.3, 0.4) is 0 Å². The summed E-state index contributed by atoms with van der Waals surface area (Å²) in [6.07, 6.45) is 3.45. The van der Waals surface area contributed by atoms with Crippen LogP contribution in [0.25, 0.3) is 0 Å². The van der Waals surface area contributed by atoms with Gasteiger partial charge in [-0.3, -0.25) is 14.6 Å². The van der Waals surface area contributed by atoms with E-state index in [2.05, 4.69) is 10.3 Å². The summed E-state index contributed by atoms with van der Waals surface area (Å²) in [4.78, 5) is 31.9. The molecule has 0 bridgehead atoms. The molecule has 8 heteroatoms. The first-order valence-electron chi connectivity index (χ1n) is 10.8. The Kier molecular flexibility index (Phi) is 8.87. The van der Waals surface area contributed by atoms with E-state index in [1.54, 1.807) is 62.7 Å². The lowest BCUT2D eigenvalue weighted by molar-refractivity contribution is -0.140. The van der Waals surface area contributed by atoms with Crippen molar-refractivity contribution in [3.8, 4) is 11.5 Å². The summed E-state index contributed by atoms with van der Waals surface area (Å²) in [6.45, 7) is 2.35. The van der Waals surface area contributed by atoms with Gasteiger partial charge >= 0.3 is 0 Å². The van der Waals surface area contributed by atoms with Crippen molar-refractivity contribution in [2.45, 2.75) is 32.5 Å². The number of carbonyl (C=O) groups excluding carboxylic acids is 2. The molecule has 178 valence electrons. The van der Waals surface area contributed by atoms with Crippen LogP contribution in [0, 0.1) is 0 Å². The molecule has 2 aromatic carbocycles. The average Bonchev–Trinajstić information content (AvgIpc) is 2.86. The number of methoxy groups -OCH3 is 2. The highest BCUT2D eigenvalue weighted by Gasteiger charge is 2.26. The van der Waals surface area contributed by atoms with Crippen molar-refractivity contribution in [1.82, 2.24) is 15.2 Å². The molecule has 1 heterocycles. The van der Waals surface area contributed by atoms with Gasteiger partial charge in [0.25, 0.3) is 0 Å². The van der Waals surface area contributed by atoms with E-state index in [9.17, 15) is 9.59 Å². The van der Waals surface area contributed by atoms with Crippen LogP contribution in [0.15, 0.2) is 67.0 Å². The topological polar surface area (TPSA) is 80.8 Å². The Morgan fingerprint density at radius 3 is 2.24 bits per heavy atom. The van der Waals surface area contributed by atoms with E-state index in [4.69, 9.17) is 21.1 Å². The zero-order valence-electron chi connectivity index (χ0n) is 19.5. The maximum absolute atomic E-state index is 13.4. The Morgan fingerprint density at radius 1 is 0.941 bits per heavy atom. The van der Waals surface area contributed by atoms with Crippen molar-refractivity contribution in [2.24, 2.45) is 0 Å². The van der Waals surface area contributed by atoms with E-state index in [-0.39, 0.29) is 24.8 Å². The van der Waals surface area contributed by atoms with Crippen LogP contribution in [-0.4, -0.2) is 42.0 Å². The Hall–Kier alpha value is -3.58. The van der Waals surface area contributed by atoms with Crippen molar-refractivity contribution in [3.05, 3.63) is 88.7 Å². The molecule has 0 aliphatic carbocycles. The van der Waals surface area contributed by atoms with Crippen molar-refractivity contribution in [3.63, 3.8) is 0 Å². The molecule has 0 saturated heterocycles. The maximum atomic E-state index is 13.4. The highest BCUT2D eigenvalue weighted by atomic mass is 35.5. The third-order valence-corrected chi connectivity index (χ3v) is 5.70. The van der Waals surface area contributed by atoms with Gasteiger partial charge in [0, 0.05) is 30.5 Å². The van der Waals surface area contributed by atoms with Gasteiger partial charge in [0.2, 0.25) is 11.8 Å². The fourth-order valence-electron chi connectivity index (χ4n) is 3.47. The summed E-state index contributed by atoms with van der Waals surface area (Å²) >= 11 is 6.01. The van der Waals surface area contributed by atoms with Crippen LogP contribution < -0.4 is 14.8 Å². The van der Waals surface area contributed by atoms with Crippen LogP contribution >= 0.6 is 11.6 Å². The SMILES string of the molecule is COc1ccc(CC(=O)N(Cc2ccc(Cl)cc2)[C@@H](C)C(=O)NCc2ccncc2)cc1OC. The summed E-state index contributed by atoms with van der Waals surface area (Å²) in [5, 5.41) is 3.51. The second-order valence-corrected chi connectivity index (χ2v) is 8.20. The minimum absolute atomic E-state index is 0.107. The molecular weight excluding hydrogens is 454 g/mol. The number of nitrogens with zero attached hydrogens (tertiary/aromatic N) is 2. The van der Waals surface area contributed by atoms with Gasteiger partial charge in [-0.2, -0.15) is 0 Å². The molecule has 0 saturated carbocycles. The molecule has 2 amide bonds. The predicted octanol–water partition coefficient (Wildman–Crippen LogP) is 4.03. The van der Waals surface area contributed by atoms with Gasteiger partial charge in [0.1, 0.15) is 6.04 Å². The molecule has 1 N–H and O–H groups in total. The third-order valence-electron chi connectivity index (χ3n) is 5.45. The lowest BCUT2D eigenvalue weighted by Crippen LogP contribution is -2.48. The van der Waals surface area contributed by atoms with Gasteiger partial charge in [0.05, 0.1) is 20.6 Å². The van der Waals surface area contributed by atoms with Gasteiger partial charge in [-0.05, 0) is 60.0 Å². The number of nitrogens with one attached hydrogen (secondary N) is 1. The Bertz CT molecular complexity index is 1110. The maximum Gasteiger partial charge on any atom is 0.242 e.